The molecule has 0 aliphatic rings. The molecule has 3 aromatic rings. The number of amides is 1. The summed E-state index contributed by atoms with van der Waals surface area (Å²) in [6, 6.07) is 13.2. The largest absolute Gasteiger partial charge is 0.372 e. The van der Waals surface area contributed by atoms with Gasteiger partial charge in [-0.3, -0.25) is 14.5 Å². The van der Waals surface area contributed by atoms with Crippen LogP contribution >= 0.6 is 0 Å². The van der Waals surface area contributed by atoms with Crippen molar-refractivity contribution in [2.45, 2.75) is 32.5 Å². The highest BCUT2D eigenvalue weighted by Crippen LogP contribution is 2.30. The molecule has 186 valence electrons. The van der Waals surface area contributed by atoms with Gasteiger partial charge in [0.25, 0.3) is 5.91 Å². The summed E-state index contributed by atoms with van der Waals surface area (Å²) in [6.45, 7) is -12.6. The maximum absolute atomic E-state index is 11.7. The van der Waals surface area contributed by atoms with Gasteiger partial charge in [-0.1, -0.05) is 60.7 Å². The third-order valence-corrected chi connectivity index (χ3v) is 5.00. The Labute approximate surface area is 222 Å². The number of rotatable bonds is 12. The number of hydrogen-bond donors (Lipinski definition) is 1. The Morgan fingerprint density at radius 1 is 1.11 bits per heavy atom. The molecule has 0 atom stereocenters. The molecule has 1 aromatic heterocycles. The van der Waals surface area contributed by atoms with E-state index in [1.54, 1.807) is 65.4 Å². The highest BCUT2D eigenvalue weighted by Gasteiger charge is 2.17. The second kappa shape index (κ2) is 12.4. The van der Waals surface area contributed by atoms with Gasteiger partial charge in [-0.2, -0.15) is 0 Å². The number of carbonyl (C=O) groups is 1. The van der Waals surface area contributed by atoms with Crippen LogP contribution in [0, 0.1) is 0 Å². The SMILES string of the molecule is [2H]C([2H])([2H])C([2H])(N(c1cnc(-c2ccccc2)c(-c2ccccc2)n1)C([2H])([2H])C([2H])([2H])CCOCC(=O)NS(C)(=O)=O)C([2H])([2H])[2H]. The number of hydrogen-bond acceptors (Lipinski definition) is 7. The van der Waals surface area contributed by atoms with Crippen molar-refractivity contribution in [3.8, 4) is 22.5 Å². The lowest BCUT2D eigenvalue weighted by molar-refractivity contribution is -0.123. The van der Waals surface area contributed by atoms with Crippen molar-refractivity contribution in [1.29, 1.82) is 0 Å². The van der Waals surface area contributed by atoms with E-state index in [1.807, 2.05) is 0 Å². The zero-order valence-electron chi connectivity index (χ0n) is 29.9. The number of carbonyl (C=O) groups excluding carboxylic acids is 1. The van der Waals surface area contributed by atoms with Crippen LogP contribution in [0.2, 0.25) is 0 Å². The summed E-state index contributed by atoms with van der Waals surface area (Å²) in [4.78, 5) is 20.5. The van der Waals surface area contributed by atoms with Gasteiger partial charge in [0.1, 0.15) is 12.4 Å². The quantitative estimate of drug-likeness (QED) is 0.371. The van der Waals surface area contributed by atoms with Crippen molar-refractivity contribution < 1.29 is 33.0 Å². The number of sulfonamides is 1. The minimum Gasteiger partial charge on any atom is -0.372 e. The van der Waals surface area contributed by atoms with E-state index in [2.05, 4.69) is 9.97 Å². The summed E-state index contributed by atoms with van der Waals surface area (Å²) in [5.74, 6) is -1.83. The van der Waals surface area contributed by atoms with Crippen molar-refractivity contribution in [1.82, 2.24) is 14.7 Å². The van der Waals surface area contributed by atoms with Crippen LogP contribution in [-0.2, 0) is 19.6 Å². The fourth-order valence-corrected chi connectivity index (χ4v) is 3.45. The fourth-order valence-electron chi connectivity index (χ4n) is 2.98. The first-order chi connectivity index (χ1) is 21.0. The van der Waals surface area contributed by atoms with Crippen molar-refractivity contribution in [3.63, 3.8) is 0 Å². The molecule has 0 unspecified atom stereocenters. The predicted molar refractivity (Wildman–Crippen MR) is 138 cm³/mol. The second-order valence-electron chi connectivity index (χ2n) is 7.23. The smallest absolute Gasteiger partial charge is 0.259 e. The Morgan fingerprint density at radius 3 is 2.34 bits per heavy atom. The maximum atomic E-state index is 11.7. The molecule has 0 saturated heterocycles. The average molecular weight is 508 g/mol. The van der Waals surface area contributed by atoms with E-state index in [-0.39, 0.29) is 16.3 Å². The molecule has 3 rings (SSSR count). The minimum atomic E-state index is -3.90. The Morgan fingerprint density at radius 2 is 1.74 bits per heavy atom. The highest BCUT2D eigenvalue weighted by atomic mass is 32.2. The zero-order valence-corrected chi connectivity index (χ0v) is 19.7. The van der Waals surface area contributed by atoms with E-state index in [1.165, 1.54) is 0 Å². The summed E-state index contributed by atoms with van der Waals surface area (Å²) < 4.78 is 121. The van der Waals surface area contributed by atoms with Gasteiger partial charge >= 0.3 is 0 Å². The molecule has 0 aliphatic heterocycles. The van der Waals surface area contributed by atoms with E-state index in [9.17, 15) is 13.2 Å². The van der Waals surface area contributed by atoms with Gasteiger partial charge in [0, 0.05) is 44.0 Å². The number of benzene rings is 2. The van der Waals surface area contributed by atoms with Gasteiger partial charge in [0.05, 0.1) is 25.2 Å². The van der Waals surface area contributed by atoms with Crippen LogP contribution < -0.4 is 9.62 Å². The van der Waals surface area contributed by atoms with Gasteiger partial charge in [0.2, 0.25) is 10.0 Å². The van der Waals surface area contributed by atoms with Crippen LogP contribution in [0.3, 0.4) is 0 Å². The number of ether oxygens (including phenoxy) is 1. The van der Waals surface area contributed by atoms with Crippen molar-refractivity contribution in [2.75, 3.05) is 30.9 Å². The topological polar surface area (TPSA) is 101 Å². The van der Waals surface area contributed by atoms with Crippen molar-refractivity contribution >= 4 is 21.7 Å². The van der Waals surface area contributed by atoms with Crippen LogP contribution in [-0.4, -0.2) is 56.3 Å². The number of aromatic nitrogens is 2. The third-order valence-electron chi connectivity index (χ3n) is 4.40. The number of nitrogens with zero attached hydrogens (tertiary/aromatic N) is 3. The summed E-state index contributed by atoms with van der Waals surface area (Å²) in [6.07, 6.45) is -2.43. The predicted octanol–water partition coefficient (Wildman–Crippen LogP) is 3.90. The molecule has 9 heteroatoms. The molecule has 2 aromatic carbocycles. The minimum absolute atomic E-state index is 0.0232. The summed E-state index contributed by atoms with van der Waals surface area (Å²) >= 11 is 0. The molecule has 1 heterocycles. The van der Waals surface area contributed by atoms with E-state index < -0.39 is 74.0 Å². The first kappa shape index (κ1) is 15.0. The van der Waals surface area contributed by atoms with Gasteiger partial charge in [-0.05, 0) is 26.5 Å². The summed E-state index contributed by atoms with van der Waals surface area (Å²) in [7, 11) is -3.90. The average Bonchev–Trinajstić information content (AvgIpc) is 2.94. The van der Waals surface area contributed by atoms with Crippen LogP contribution in [0.5, 0.6) is 0 Å². The Hall–Kier alpha value is -3.30. The zero-order chi connectivity index (χ0) is 34.8. The fraction of sp³-hybridized carbons (Fsp3) is 0.346. The van der Waals surface area contributed by atoms with Crippen LogP contribution in [0.15, 0.2) is 66.9 Å². The van der Waals surface area contributed by atoms with Crippen molar-refractivity contribution in [3.05, 3.63) is 66.9 Å². The lowest BCUT2D eigenvalue weighted by atomic mass is 10.0. The molecule has 0 saturated carbocycles. The molecule has 35 heavy (non-hydrogen) atoms. The van der Waals surface area contributed by atoms with Gasteiger partial charge in [0.15, 0.2) is 0 Å². The van der Waals surface area contributed by atoms with Crippen LogP contribution in [0.25, 0.3) is 22.5 Å². The summed E-state index contributed by atoms with van der Waals surface area (Å²) in [5, 5.41) is 0. The summed E-state index contributed by atoms with van der Waals surface area (Å²) in [5.41, 5.74) is 1.33. The van der Waals surface area contributed by atoms with E-state index >= 15 is 0 Å². The van der Waals surface area contributed by atoms with E-state index in [0.717, 1.165) is 12.5 Å². The lowest BCUT2D eigenvalue weighted by Crippen LogP contribution is -2.33. The molecule has 0 spiro atoms. The molecule has 1 N–H and O–H groups in total. The lowest BCUT2D eigenvalue weighted by Gasteiger charge is -2.28. The molecular formula is C26H32N4O4S. The molecule has 0 fully saturated rings. The monoisotopic (exact) mass is 507 g/mol. The molecule has 8 nitrogen and oxygen atoms in total. The van der Waals surface area contributed by atoms with E-state index in [4.69, 9.17) is 19.8 Å². The normalized spacial score (nSPS) is 17.9. The highest BCUT2D eigenvalue weighted by molar-refractivity contribution is 7.89. The number of nitrogens with one attached hydrogen (secondary N) is 1. The molecule has 0 aliphatic carbocycles. The molecule has 0 bridgehead atoms. The Balaban J connectivity index is 2.20. The molecule has 0 radical (unpaired) electrons. The molecule has 1 amide bonds. The Bertz CT molecular complexity index is 1610. The van der Waals surface area contributed by atoms with Crippen LogP contribution in [0.1, 0.15) is 41.6 Å². The number of anilines is 1. The first-order valence-electron chi connectivity index (χ1n) is 15.9. The maximum Gasteiger partial charge on any atom is 0.259 e. The van der Waals surface area contributed by atoms with Gasteiger partial charge in [-0.15, -0.1) is 0 Å². The van der Waals surface area contributed by atoms with Crippen LogP contribution in [0.4, 0.5) is 5.82 Å². The van der Waals surface area contributed by atoms with Crippen molar-refractivity contribution in [2.24, 2.45) is 0 Å². The van der Waals surface area contributed by atoms with Gasteiger partial charge < -0.3 is 9.64 Å². The first-order valence-corrected chi connectivity index (χ1v) is 12.3. The second-order valence-corrected chi connectivity index (χ2v) is 8.98. The third kappa shape index (κ3) is 8.15. The Kier molecular flexibility index (Phi) is 5.30. The molecular weight excluding hydrogens is 464 g/mol. The van der Waals surface area contributed by atoms with E-state index in [0.29, 0.717) is 11.1 Å². The van der Waals surface area contributed by atoms with Gasteiger partial charge in [-0.25, -0.2) is 13.4 Å². The standard InChI is InChI=1S/C26H32N4O4S/c1-20(2)30(16-10-11-17-34-19-24(31)29-35(3,32)33)23-18-27-25(21-12-6-4-7-13-21)26(28-23)22-14-8-5-9-15-22/h4-9,12-15,18,20H,10-11,16-17,19H2,1-3H3,(H,29,31)/i1D3,2D3,10D2,16D2,20D.